The van der Waals surface area contributed by atoms with Gasteiger partial charge in [-0.3, -0.25) is 4.79 Å². The van der Waals surface area contributed by atoms with E-state index < -0.39 is 0 Å². The van der Waals surface area contributed by atoms with Crippen molar-refractivity contribution in [1.29, 1.82) is 0 Å². The van der Waals surface area contributed by atoms with Crippen LogP contribution >= 0.6 is 0 Å². The summed E-state index contributed by atoms with van der Waals surface area (Å²) in [6.45, 7) is 2.36. The predicted octanol–water partition coefficient (Wildman–Crippen LogP) is 3.34. The molecule has 3 aromatic rings. The van der Waals surface area contributed by atoms with E-state index in [1.807, 2.05) is 49.5 Å². The number of H-pyrrole nitrogens is 1. The Morgan fingerprint density at radius 3 is 2.85 bits per heavy atom. The topological polar surface area (TPSA) is 49.2 Å². The summed E-state index contributed by atoms with van der Waals surface area (Å²) < 4.78 is 5.50. The van der Waals surface area contributed by atoms with Gasteiger partial charge in [-0.1, -0.05) is 0 Å². The molecule has 0 fully saturated rings. The summed E-state index contributed by atoms with van der Waals surface area (Å²) in [6, 6.07) is 11.4. The van der Waals surface area contributed by atoms with E-state index in [1.54, 1.807) is 11.9 Å². The van der Waals surface area contributed by atoms with Crippen molar-refractivity contribution in [2.24, 2.45) is 0 Å². The molecule has 1 amide bonds. The molecule has 1 aromatic carbocycles. The van der Waals surface area contributed by atoms with Crippen LogP contribution in [0.5, 0.6) is 0 Å². The van der Waals surface area contributed by atoms with Gasteiger partial charge in [0.1, 0.15) is 11.5 Å². The highest BCUT2D eigenvalue weighted by atomic mass is 16.3. The Balaban J connectivity index is 1.80. The Kier molecular flexibility index (Phi) is 3.06. The first-order valence-electron chi connectivity index (χ1n) is 6.51. The third kappa shape index (κ3) is 2.32. The van der Waals surface area contributed by atoms with E-state index >= 15 is 0 Å². The molecule has 0 aliphatic heterocycles. The number of carbonyl (C=O) groups is 1. The quantitative estimate of drug-likeness (QED) is 0.792. The van der Waals surface area contributed by atoms with Gasteiger partial charge in [-0.05, 0) is 43.3 Å². The minimum absolute atomic E-state index is 0.0119. The number of hydrogen-bond acceptors (Lipinski definition) is 2. The van der Waals surface area contributed by atoms with Crippen LogP contribution in [0.15, 0.2) is 47.0 Å². The van der Waals surface area contributed by atoms with Gasteiger partial charge in [-0.2, -0.15) is 0 Å². The monoisotopic (exact) mass is 268 g/mol. The number of fused-ring (bicyclic) bond motifs is 1. The first-order chi connectivity index (χ1) is 9.63. The fourth-order valence-electron chi connectivity index (χ4n) is 2.28. The zero-order chi connectivity index (χ0) is 14.1. The molecule has 0 saturated heterocycles. The molecule has 0 saturated carbocycles. The van der Waals surface area contributed by atoms with Crippen LogP contribution in [-0.4, -0.2) is 22.8 Å². The Labute approximate surface area is 117 Å². The number of aromatic nitrogens is 1. The van der Waals surface area contributed by atoms with Crippen molar-refractivity contribution in [1.82, 2.24) is 9.88 Å². The Morgan fingerprint density at radius 1 is 1.25 bits per heavy atom. The predicted molar refractivity (Wildman–Crippen MR) is 77.5 cm³/mol. The number of nitrogens with zero attached hydrogens (tertiary/aromatic N) is 1. The Morgan fingerprint density at radius 2 is 2.10 bits per heavy atom. The second kappa shape index (κ2) is 4.89. The van der Waals surface area contributed by atoms with Gasteiger partial charge in [0.25, 0.3) is 5.91 Å². The number of aryl methyl sites for hydroxylation is 1. The maximum Gasteiger partial charge on any atom is 0.254 e. The number of furan rings is 1. The van der Waals surface area contributed by atoms with Crippen molar-refractivity contribution in [2.75, 3.05) is 7.05 Å². The number of hydrogen-bond donors (Lipinski definition) is 1. The normalized spacial score (nSPS) is 10.9. The van der Waals surface area contributed by atoms with Crippen LogP contribution in [0, 0.1) is 6.92 Å². The van der Waals surface area contributed by atoms with Crippen LogP contribution in [0.1, 0.15) is 21.9 Å². The lowest BCUT2D eigenvalue weighted by Gasteiger charge is -2.15. The summed E-state index contributed by atoms with van der Waals surface area (Å²) in [7, 11) is 1.78. The zero-order valence-electron chi connectivity index (χ0n) is 11.5. The van der Waals surface area contributed by atoms with Crippen molar-refractivity contribution < 1.29 is 9.21 Å². The molecule has 4 heteroatoms. The fourth-order valence-corrected chi connectivity index (χ4v) is 2.28. The number of aromatic amines is 1. The maximum atomic E-state index is 12.4. The van der Waals surface area contributed by atoms with Gasteiger partial charge in [0, 0.05) is 29.7 Å². The average Bonchev–Trinajstić information content (AvgIpc) is 3.05. The van der Waals surface area contributed by atoms with Crippen LogP contribution in [0.3, 0.4) is 0 Å². The van der Waals surface area contributed by atoms with Crippen molar-refractivity contribution >= 4 is 16.8 Å². The van der Waals surface area contributed by atoms with Crippen LogP contribution in [0.4, 0.5) is 0 Å². The highest BCUT2D eigenvalue weighted by Gasteiger charge is 2.14. The third-order valence-electron chi connectivity index (χ3n) is 3.34. The zero-order valence-corrected chi connectivity index (χ0v) is 11.5. The molecule has 0 unspecified atom stereocenters. The summed E-state index contributed by atoms with van der Waals surface area (Å²) >= 11 is 0. The minimum Gasteiger partial charge on any atom is -0.464 e. The highest BCUT2D eigenvalue weighted by molar-refractivity contribution is 5.97. The van der Waals surface area contributed by atoms with Gasteiger partial charge in [-0.15, -0.1) is 0 Å². The van der Waals surface area contributed by atoms with Crippen LogP contribution in [0.25, 0.3) is 10.9 Å². The maximum absolute atomic E-state index is 12.4. The van der Waals surface area contributed by atoms with E-state index in [2.05, 4.69) is 4.98 Å². The van der Waals surface area contributed by atoms with Gasteiger partial charge in [0.05, 0.1) is 6.54 Å². The lowest BCUT2D eigenvalue weighted by Crippen LogP contribution is -2.25. The molecule has 2 aromatic heterocycles. The Bertz CT molecular complexity index is 755. The van der Waals surface area contributed by atoms with Crippen LogP contribution in [-0.2, 0) is 6.54 Å². The molecule has 3 rings (SSSR count). The smallest absolute Gasteiger partial charge is 0.254 e. The van der Waals surface area contributed by atoms with E-state index in [-0.39, 0.29) is 5.91 Å². The molecule has 0 aliphatic rings. The van der Waals surface area contributed by atoms with E-state index in [4.69, 9.17) is 4.42 Å². The average molecular weight is 268 g/mol. The van der Waals surface area contributed by atoms with Gasteiger partial charge in [0.2, 0.25) is 0 Å². The summed E-state index contributed by atoms with van der Waals surface area (Å²) in [5, 5.41) is 1.04. The number of carbonyl (C=O) groups excluding carboxylic acids is 1. The number of amides is 1. The summed E-state index contributed by atoms with van der Waals surface area (Å²) in [5.74, 6) is 1.64. The molecule has 1 N–H and O–H groups in total. The summed E-state index contributed by atoms with van der Waals surface area (Å²) in [5.41, 5.74) is 1.72. The second-order valence-corrected chi connectivity index (χ2v) is 4.95. The fraction of sp³-hybridized carbons (Fsp3) is 0.188. The molecule has 0 radical (unpaired) electrons. The third-order valence-corrected chi connectivity index (χ3v) is 3.34. The van der Waals surface area contributed by atoms with Crippen LogP contribution in [0.2, 0.25) is 0 Å². The van der Waals surface area contributed by atoms with E-state index in [9.17, 15) is 4.79 Å². The molecule has 20 heavy (non-hydrogen) atoms. The van der Waals surface area contributed by atoms with Crippen LogP contribution < -0.4 is 0 Å². The first-order valence-corrected chi connectivity index (χ1v) is 6.51. The van der Waals surface area contributed by atoms with Crippen molar-refractivity contribution in [2.45, 2.75) is 13.5 Å². The number of rotatable bonds is 3. The molecule has 0 spiro atoms. The molecule has 2 heterocycles. The molecule has 0 bridgehead atoms. The van der Waals surface area contributed by atoms with Crippen molar-refractivity contribution in [3.8, 4) is 0 Å². The second-order valence-electron chi connectivity index (χ2n) is 4.95. The van der Waals surface area contributed by atoms with Gasteiger partial charge >= 0.3 is 0 Å². The van der Waals surface area contributed by atoms with Gasteiger partial charge in [-0.25, -0.2) is 0 Å². The minimum atomic E-state index is -0.0119. The SMILES string of the molecule is Cc1ccc(CN(C)C(=O)c2ccc3[nH]ccc3c2)o1. The lowest BCUT2D eigenvalue weighted by atomic mass is 10.1. The number of nitrogens with one attached hydrogen (secondary N) is 1. The molecule has 0 aliphatic carbocycles. The largest absolute Gasteiger partial charge is 0.464 e. The van der Waals surface area contributed by atoms with Gasteiger partial charge < -0.3 is 14.3 Å². The molecule has 0 atom stereocenters. The molecule has 4 nitrogen and oxygen atoms in total. The summed E-state index contributed by atoms with van der Waals surface area (Å²) in [4.78, 5) is 17.2. The molecular formula is C16H16N2O2. The van der Waals surface area contributed by atoms with E-state index in [1.165, 1.54) is 0 Å². The first kappa shape index (κ1) is 12.5. The van der Waals surface area contributed by atoms with E-state index in [0.717, 1.165) is 22.4 Å². The highest BCUT2D eigenvalue weighted by Crippen LogP contribution is 2.16. The standard InChI is InChI=1S/C16H16N2O2/c1-11-3-5-14(20-11)10-18(2)16(19)13-4-6-15-12(9-13)7-8-17-15/h3-9,17H,10H2,1-2H3. The van der Waals surface area contributed by atoms with Crippen molar-refractivity contribution in [3.05, 3.63) is 59.7 Å². The molecular weight excluding hydrogens is 252 g/mol. The van der Waals surface area contributed by atoms with Gasteiger partial charge in [0.15, 0.2) is 0 Å². The summed E-state index contributed by atoms with van der Waals surface area (Å²) in [6.07, 6.45) is 1.87. The molecule has 102 valence electrons. The number of benzene rings is 1. The Hall–Kier alpha value is -2.49. The van der Waals surface area contributed by atoms with Crippen molar-refractivity contribution in [3.63, 3.8) is 0 Å². The lowest BCUT2D eigenvalue weighted by molar-refractivity contribution is 0.0775. The van der Waals surface area contributed by atoms with E-state index in [0.29, 0.717) is 12.1 Å².